The summed E-state index contributed by atoms with van der Waals surface area (Å²) in [5, 5.41) is 5.52. The van der Waals surface area contributed by atoms with Gasteiger partial charge in [0.05, 0.1) is 11.5 Å². The van der Waals surface area contributed by atoms with E-state index in [4.69, 9.17) is 0 Å². The third-order valence-corrected chi connectivity index (χ3v) is 5.99. The molecule has 0 fully saturated rings. The predicted molar refractivity (Wildman–Crippen MR) is 120 cm³/mol. The van der Waals surface area contributed by atoms with Crippen LogP contribution in [0.1, 0.15) is 34.6 Å². The normalized spacial score (nSPS) is 17.2. The highest BCUT2D eigenvalue weighted by Crippen LogP contribution is 2.30. The maximum absolute atomic E-state index is 13.0. The summed E-state index contributed by atoms with van der Waals surface area (Å²) in [6.45, 7) is 1.64. The predicted octanol–water partition coefficient (Wildman–Crippen LogP) is 2.07. The Morgan fingerprint density at radius 3 is 2.62 bits per heavy atom. The zero-order valence-corrected chi connectivity index (χ0v) is 17.4. The second-order valence-corrected chi connectivity index (χ2v) is 8.10. The highest BCUT2D eigenvalue weighted by molar-refractivity contribution is 6.00. The van der Waals surface area contributed by atoms with Crippen LogP contribution in [0, 0.1) is 0 Å². The molecule has 32 heavy (non-hydrogen) atoms. The van der Waals surface area contributed by atoms with E-state index in [1.165, 1.54) is 11.1 Å². The number of fused-ring (bicyclic) bond motifs is 2. The van der Waals surface area contributed by atoms with Crippen molar-refractivity contribution in [2.45, 2.75) is 31.8 Å². The number of anilines is 2. The molecular weight excluding hydrogens is 406 g/mol. The number of carbonyl (C=O) groups is 2. The zero-order chi connectivity index (χ0) is 22.1. The highest BCUT2D eigenvalue weighted by Gasteiger charge is 2.35. The minimum atomic E-state index is -0.880. The molecule has 3 aromatic rings. The Morgan fingerprint density at radius 1 is 1.06 bits per heavy atom. The lowest BCUT2D eigenvalue weighted by molar-refractivity contribution is -0.126. The van der Waals surface area contributed by atoms with Crippen LogP contribution in [0.4, 0.5) is 11.8 Å². The van der Waals surface area contributed by atoms with E-state index in [1.807, 2.05) is 47.4 Å². The topological polar surface area (TPSA) is 107 Å². The number of benzene rings is 2. The van der Waals surface area contributed by atoms with Crippen LogP contribution >= 0.6 is 0 Å². The molecule has 1 atom stereocenters. The number of carbonyl (C=O) groups excluding carboxylic acids is 2. The average Bonchev–Trinajstić information content (AvgIpc) is 2.82. The minimum absolute atomic E-state index is 0.0885. The molecular formula is C24H23N5O3. The van der Waals surface area contributed by atoms with Crippen LogP contribution in [0.2, 0.25) is 0 Å². The summed E-state index contributed by atoms with van der Waals surface area (Å²) >= 11 is 0. The number of nitrogens with zero attached hydrogens (tertiary/aromatic N) is 2. The molecule has 2 aliphatic rings. The first-order valence-corrected chi connectivity index (χ1v) is 10.7. The van der Waals surface area contributed by atoms with E-state index in [0.29, 0.717) is 25.6 Å². The number of amides is 2. The van der Waals surface area contributed by atoms with E-state index < -0.39 is 11.5 Å². The molecule has 0 spiro atoms. The van der Waals surface area contributed by atoms with Crippen molar-refractivity contribution in [1.82, 2.24) is 15.3 Å². The molecule has 0 aliphatic carbocycles. The monoisotopic (exact) mass is 429 g/mol. The summed E-state index contributed by atoms with van der Waals surface area (Å²) < 4.78 is 0. The van der Waals surface area contributed by atoms with Crippen molar-refractivity contribution in [2.24, 2.45) is 0 Å². The third-order valence-electron chi connectivity index (χ3n) is 5.99. The van der Waals surface area contributed by atoms with E-state index in [1.54, 1.807) is 0 Å². The average molecular weight is 429 g/mol. The molecule has 2 aliphatic heterocycles. The largest absolute Gasteiger partial charge is 0.351 e. The van der Waals surface area contributed by atoms with Gasteiger partial charge in [-0.05, 0) is 23.1 Å². The van der Waals surface area contributed by atoms with Crippen molar-refractivity contribution in [2.75, 3.05) is 16.8 Å². The standard InChI is InChI=1S/C24H23N5O3/c30-19-12-18(22(31)25-13-15-6-2-1-3-7-15)20-21(26-19)27-24(28-23(20)32)29-11-10-16-8-4-5-9-17(16)14-29/h1-9,18H,10-14H2,(H,25,31)(H2,26,27,28,30,32)/t18-/m1/s1. The van der Waals surface area contributed by atoms with Gasteiger partial charge in [-0.2, -0.15) is 4.98 Å². The van der Waals surface area contributed by atoms with Gasteiger partial charge in [0, 0.05) is 26.1 Å². The molecule has 0 unspecified atom stereocenters. The van der Waals surface area contributed by atoms with Crippen molar-refractivity contribution in [3.8, 4) is 0 Å². The van der Waals surface area contributed by atoms with Crippen LogP contribution in [0.15, 0.2) is 59.4 Å². The Hall–Kier alpha value is -3.94. The van der Waals surface area contributed by atoms with Crippen LogP contribution < -0.4 is 21.1 Å². The lowest BCUT2D eigenvalue weighted by atomic mass is 9.92. The molecule has 1 aromatic heterocycles. The molecule has 3 N–H and O–H groups in total. The molecule has 5 rings (SSSR count). The van der Waals surface area contributed by atoms with Crippen LogP contribution in [0.25, 0.3) is 0 Å². The zero-order valence-electron chi connectivity index (χ0n) is 17.4. The van der Waals surface area contributed by atoms with E-state index in [2.05, 4.69) is 32.7 Å². The van der Waals surface area contributed by atoms with E-state index >= 15 is 0 Å². The number of rotatable bonds is 4. The number of aromatic amines is 1. The Morgan fingerprint density at radius 2 is 1.81 bits per heavy atom. The van der Waals surface area contributed by atoms with Gasteiger partial charge in [0.1, 0.15) is 5.82 Å². The van der Waals surface area contributed by atoms with E-state index in [9.17, 15) is 14.4 Å². The van der Waals surface area contributed by atoms with Crippen molar-refractivity contribution < 1.29 is 9.59 Å². The smallest absolute Gasteiger partial charge is 0.258 e. The second kappa shape index (κ2) is 8.30. The number of hydrogen-bond donors (Lipinski definition) is 3. The van der Waals surface area contributed by atoms with E-state index in [0.717, 1.165) is 12.0 Å². The number of H-pyrrole nitrogens is 1. The fourth-order valence-corrected chi connectivity index (χ4v) is 4.32. The number of hydrogen-bond acceptors (Lipinski definition) is 5. The lowest BCUT2D eigenvalue weighted by Crippen LogP contribution is -2.40. The summed E-state index contributed by atoms with van der Waals surface area (Å²) in [4.78, 5) is 47.6. The van der Waals surface area contributed by atoms with Gasteiger partial charge < -0.3 is 15.5 Å². The van der Waals surface area contributed by atoms with Crippen molar-refractivity contribution >= 4 is 23.6 Å². The Kier molecular flexibility index (Phi) is 5.18. The summed E-state index contributed by atoms with van der Waals surface area (Å²) in [6, 6.07) is 17.7. The lowest BCUT2D eigenvalue weighted by Gasteiger charge is -2.30. The first-order chi connectivity index (χ1) is 15.6. The molecule has 0 saturated heterocycles. The van der Waals surface area contributed by atoms with Gasteiger partial charge in [-0.25, -0.2) is 0 Å². The molecule has 2 aromatic carbocycles. The van der Waals surface area contributed by atoms with E-state index in [-0.39, 0.29) is 29.6 Å². The molecule has 0 radical (unpaired) electrons. The van der Waals surface area contributed by atoms with Gasteiger partial charge in [0.25, 0.3) is 5.56 Å². The van der Waals surface area contributed by atoms with Crippen molar-refractivity contribution in [3.63, 3.8) is 0 Å². The number of nitrogens with one attached hydrogen (secondary N) is 3. The fourth-order valence-electron chi connectivity index (χ4n) is 4.32. The Bertz CT molecular complexity index is 1240. The van der Waals surface area contributed by atoms with Gasteiger partial charge in [-0.1, -0.05) is 54.6 Å². The summed E-state index contributed by atoms with van der Waals surface area (Å²) in [5.74, 6) is -1.01. The van der Waals surface area contributed by atoms with Crippen molar-refractivity contribution in [3.05, 3.63) is 87.2 Å². The Balaban J connectivity index is 1.40. The highest BCUT2D eigenvalue weighted by atomic mass is 16.2. The minimum Gasteiger partial charge on any atom is -0.351 e. The second-order valence-electron chi connectivity index (χ2n) is 8.10. The maximum Gasteiger partial charge on any atom is 0.258 e. The SMILES string of the molecule is O=C1C[C@@H](C(=O)NCc2ccccc2)c2c(nc(N3CCc4ccccc4C3)[nH]c2=O)N1. The fraction of sp³-hybridized carbons (Fsp3) is 0.250. The number of aromatic nitrogens is 2. The first kappa shape index (κ1) is 20.0. The Labute approximate surface area is 184 Å². The van der Waals surface area contributed by atoms with Gasteiger partial charge in [0.2, 0.25) is 17.8 Å². The molecule has 2 amide bonds. The maximum atomic E-state index is 13.0. The molecule has 8 nitrogen and oxygen atoms in total. The van der Waals surface area contributed by atoms with Gasteiger partial charge in [-0.15, -0.1) is 0 Å². The summed E-state index contributed by atoms with van der Waals surface area (Å²) in [6.07, 6.45) is 0.753. The molecule has 3 heterocycles. The van der Waals surface area contributed by atoms with Gasteiger partial charge in [-0.3, -0.25) is 19.4 Å². The van der Waals surface area contributed by atoms with Crippen LogP contribution in [0.3, 0.4) is 0 Å². The summed E-state index contributed by atoms with van der Waals surface area (Å²) in [5.41, 5.74) is 3.21. The molecule has 162 valence electrons. The first-order valence-electron chi connectivity index (χ1n) is 10.7. The third kappa shape index (κ3) is 3.87. The van der Waals surface area contributed by atoms with Gasteiger partial charge in [0.15, 0.2) is 0 Å². The molecule has 0 saturated carbocycles. The molecule has 0 bridgehead atoms. The van der Waals surface area contributed by atoms with Crippen LogP contribution in [0.5, 0.6) is 0 Å². The molecule has 8 heteroatoms. The quantitative estimate of drug-likeness (QED) is 0.589. The summed E-state index contributed by atoms with van der Waals surface area (Å²) in [7, 11) is 0. The van der Waals surface area contributed by atoms with Crippen molar-refractivity contribution in [1.29, 1.82) is 0 Å². The van der Waals surface area contributed by atoms with Crippen LogP contribution in [-0.2, 0) is 29.1 Å². The van der Waals surface area contributed by atoms with Gasteiger partial charge >= 0.3 is 0 Å². The van der Waals surface area contributed by atoms with Crippen LogP contribution in [-0.4, -0.2) is 28.3 Å².